The molecule has 0 aliphatic carbocycles. The SMILES string of the molecule is CC1(C(=O)N2CCCCC2)COC(c2nc(-c3ccc(F)cc3)cn2-c2ccnc(NCCC(=O)O)n2)OC1. The van der Waals surface area contributed by atoms with Gasteiger partial charge in [0.05, 0.1) is 30.7 Å². The highest BCUT2D eigenvalue weighted by atomic mass is 19.1. The molecule has 0 radical (unpaired) electrons. The van der Waals surface area contributed by atoms with Crippen LogP contribution in [0.15, 0.2) is 42.7 Å². The minimum Gasteiger partial charge on any atom is -0.481 e. The molecule has 2 N–H and O–H groups in total. The van der Waals surface area contributed by atoms with Crippen LogP contribution in [0.3, 0.4) is 0 Å². The summed E-state index contributed by atoms with van der Waals surface area (Å²) in [6, 6.07) is 7.64. The number of nitrogens with zero attached hydrogens (tertiary/aromatic N) is 5. The maximum atomic E-state index is 13.6. The van der Waals surface area contributed by atoms with Crippen LogP contribution in [0.4, 0.5) is 10.3 Å². The number of carboxylic acid groups (broad SMARTS) is 1. The van der Waals surface area contributed by atoms with Gasteiger partial charge in [0.1, 0.15) is 11.6 Å². The van der Waals surface area contributed by atoms with Gasteiger partial charge >= 0.3 is 5.97 Å². The van der Waals surface area contributed by atoms with E-state index >= 15 is 0 Å². The minimum atomic E-state index is -0.933. The first kappa shape index (κ1) is 26.7. The van der Waals surface area contributed by atoms with E-state index in [4.69, 9.17) is 19.6 Å². The second-order valence-corrected chi connectivity index (χ2v) is 10.0. The Balaban J connectivity index is 1.41. The highest BCUT2D eigenvalue weighted by Gasteiger charge is 2.43. The molecular formula is C27H31FN6O5. The van der Waals surface area contributed by atoms with E-state index in [1.165, 1.54) is 12.1 Å². The number of carbonyl (C=O) groups is 2. The van der Waals surface area contributed by atoms with Gasteiger partial charge in [-0.3, -0.25) is 14.2 Å². The van der Waals surface area contributed by atoms with Crippen LogP contribution in [0.1, 0.15) is 44.7 Å². The molecule has 2 saturated heterocycles. The number of anilines is 1. The number of nitrogens with one attached hydrogen (secondary N) is 1. The summed E-state index contributed by atoms with van der Waals surface area (Å²) < 4.78 is 27.5. The van der Waals surface area contributed by atoms with Crippen molar-refractivity contribution in [2.75, 3.05) is 38.2 Å². The zero-order chi connectivity index (χ0) is 27.4. The third kappa shape index (κ3) is 6.07. The van der Waals surface area contributed by atoms with Gasteiger partial charge in [0.15, 0.2) is 5.82 Å². The average Bonchev–Trinajstić information content (AvgIpc) is 3.39. The quantitative estimate of drug-likeness (QED) is 0.443. The zero-order valence-corrected chi connectivity index (χ0v) is 21.7. The number of hydrogen-bond donors (Lipinski definition) is 2. The molecular weight excluding hydrogens is 507 g/mol. The minimum absolute atomic E-state index is 0.0314. The van der Waals surface area contributed by atoms with Crippen LogP contribution in [-0.2, 0) is 19.1 Å². The Morgan fingerprint density at radius 3 is 2.51 bits per heavy atom. The van der Waals surface area contributed by atoms with Crippen molar-refractivity contribution < 1.29 is 28.6 Å². The normalized spacial score (nSPS) is 21.5. The molecule has 5 rings (SSSR count). The maximum absolute atomic E-state index is 13.6. The molecule has 2 aliphatic heterocycles. The highest BCUT2D eigenvalue weighted by Crippen LogP contribution is 2.35. The lowest BCUT2D eigenvalue weighted by molar-refractivity contribution is -0.235. The van der Waals surface area contributed by atoms with Gasteiger partial charge in [-0.15, -0.1) is 0 Å². The van der Waals surface area contributed by atoms with Crippen LogP contribution in [0.5, 0.6) is 0 Å². The summed E-state index contributed by atoms with van der Waals surface area (Å²) >= 11 is 0. The summed E-state index contributed by atoms with van der Waals surface area (Å²) in [5.74, 6) is -0.161. The monoisotopic (exact) mass is 538 g/mol. The Morgan fingerprint density at radius 2 is 1.82 bits per heavy atom. The molecule has 0 unspecified atom stereocenters. The lowest BCUT2D eigenvalue weighted by Crippen LogP contribution is -2.51. The van der Waals surface area contributed by atoms with Gasteiger partial charge in [-0.1, -0.05) is 0 Å². The van der Waals surface area contributed by atoms with Gasteiger partial charge in [-0.2, -0.15) is 4.98 Å². The molecule has 11 nitrogen and oxygen atoms in total. The molecule has 206 valence electrons. The number of rotatable bonds is 8. The molecule has 0 saturated carbocycles. The number of hydrogen-bond acceptors (Lipinski definition) is 8. The average molecular weight is 539 g/mol. The number of aliphatic carboxylic acids is 1. The van der Waals surface area contributed by atoms with Crippen molar-refractivity contribution in [1.82, 2.24) is 24.4 Å². The first-order valence-corrected chi connectivity index (χ1v) is 13.0. The second-order valence-electron chi connectivity index (χ2n) is 10.0. The van der Waals surface area contributed by atoms with Crippen molar-refractivity contribution in [1.29, 1.82) is 0 Å². The van der Waals surface area contributed by atoms with Crippen LogP contribution in [0.2, 0.25) is 0 Å². The molecule has 2 aliphatic rings. The van der Waals surface area contributed by atoms with E-state index in [2.05, 4.69) is 15.3 Å². The van der Waals surface area contributed by atoms with Gasteiger partial charge in [-0.05, 0) is 56.5 Å². The number of halogens is 1. The Hall–Kier alpha value is -3.90. The van der Waals surface area contributed by atoms with Crippen molar-refractivity contribution in [3.63, 3.8) is 0 Å². The van der Waals surface area contributed by atoms with Gasteiger partial charge in [0.25, 0.3) is 0 Å². The fourth-order valence-electron chi connectivity index (χ4n) is 4.71. The highest BCUT2D eigenvalue weighted by molar-refractivity contribution is 5.83. The molecule has 0 bridgehead atoms. The summed E-state index contributed by atoms with van der Waals surface area (Å²) in [4.78, 5) is 39.4. The van der Waals surface area contributed by atoms with E-state index in [0.717, 1.165) is 32.4 Å². The smallest absolute Gasteiger partial charge is 0.305 e. The molecule has 1 amide bonds. The molecule has 0 atom stereocenters. The number of aromatic nitrogens is 4. The van der Waals surface area contributed by atoms with E-state index in [1.807, 2.05) is 11.8 Å². The molecule has 2 aromatic heterocycles. The predicted molar refractivity (Wildman–Crippen MR) is 138 cm³/mol. The van der Waals surface area contributed by atoms with Gasteiger partial charge in [-0.25, -0.2) is 14.4 Å². The Kier molecular flexibility index (Phi) is 7.84. The van der Waals surface area contributed by atoms with Crippen LogP contribution < -0.4 is 5.32 Å². The zero-order valence-electron chi connectivity index (χ0n) is 21.7. The van der Waals surface area contributed by atoms with Gasteiger partial charge in [0.2, 0.25) is 18.1 Å². The van der Waals surface area contributed by atoms with Crippen LogP contribution in [-0.4, -0.2) is 74.2 Å². The first-order chi connectivity index (χ1) is 18.8. The lowest BCUT2D eigenvalue weighted by Gasteiger charge is -2.40. The molecule has 4 heterocycles. The summed E-state index contributed by atoms with van der Waals surface area (Å²) in [6.45, 7) is 3.85. The number of imidazole rings is 1. The van der Waals surface area contributed by atoms with Gasteiger partial charge < -0.3 is 24.8 Å². The predicted octanol–water partition coefficient (Wildman–Crippen LogP) is 3.42. The van der Waals surface area contributed by atoms with Crippen molar-refractivity contribution in [2.24, 2.45) is 5.41 Å². The Morgan fingerprint density at radius 1 is 1.10 bits per heavy atom. The molecule has 12 heteroatoms. The Labute approximate surface area is 225 Å². The summed E-state index contributed by atoms with van der Waals surface area (Å²) in [5, 5.41) is 11.8. The number of carbonyl (C=O) groups excluding carboxylic acids is 1. The van der Waals surface area contributed by atoms with Crippen molar-refractivity contribution in [3.8, 4) is 17.1 Å². The van der Waals surface area contributed by atoms with E-state index < -0.39 is 17.7 Å². The van der Waals surface area contributed by atoms with Crippen molar-refractivity contribution in [2.45, 2.75) is 38.9 Å². The lowest BCUT2D eigenvalue weighted by atomic mass is 9.89. The van der Waals surface area contributed by atoms with E-state index in [1.54, 1.807) is 35.2 Å². The van der Waals surface area contributed by atoms with Crippen LogP contribution in [0, 0.1) is 11.2 Å². The first-order valence-electron chi connectivity index (χ1n) is 13.0. The van der Waals surface area contributed by atoms with Crippen molar-refractivity contribution in [3.05, 3.63) is 54.4 Å². The van der Waals surface area contributed by atoms with E-state index in [-0.39, 0.29) is 43.9 Å². The summed E-state index contributed by atoms with van der Waals surface area (Å²) in [7, 11) is 0. The summed E-state index contributed by atoms with van der Waals surface area (Å²) in [5.41, 5.74) is 0.432. The maximum Gasteiger partial charge on any atom is 0.305 e. The second kappa shape index (κ2) is 11.5. The number of amides is 1. The topological polar surface area (TPSA) is 132 Å². The van der Waals surface area contributed by atoms with E-state index in [0.29, 0.717) is 22.9 Å². The molecule has 3 aromatic rings. The molecule has 39 heavy (non-hydrogen) atoms. The number of benzene rings is 1. The summed E-state index contributed by atoms with van der Waals surface area (Å²) in [6.07, 6.45) is 5.46. The van der Waals surface area contributed by atoms with Gasteiger partial charge in [0, 0.05) is 37.6 Å². The fourth-order valence-corrected chi connectivity index (χ4v) is 4.71. The molecule has 0 spiro atoms. The largest absolute Gasteiger partial charge is 0.481 e. The van der Waals surface area contributed by atoms with E-state index in [9.17, 15) is 14.0 Å². The molecule has 2 fully saturated rings. The third-order valence-corrected chi connectivity index (χ3v) is 6.86. The fraction of sp³-hybridized carbons (Fsp3) is 0.444. The van der Waals surface area contributed by atoms with Crippen molar-refractivity contribution >= 4 is 17.8 Å². The number of likely N-dealkylation sites (tertiary alicyclic amines) is 1. The number of piperidine rings is 1. The third-order valence-electron chi connectivity index (χ3n) is 6.86. The van der Waals surface area contributed by atoms with Crippen LogP contribution in [0.25, 0.3) is 17.1 Å². The standard InChI is InChI=1S/C27H31FN6O5/c1-27(25(37)33-13-3-2-4-14-33)16-38-24(39-17-27)23-31-20(18-5-7-19(28)8-6-18)15-34(23)21-9-11-29-26(32-21)30-12-10-22(35)36/h5-9,11,15,24H,2-4,10,12-14,16-17H2,1H3,(H,35,36)(H,29,30,32). The number of ether oxygens (including phenoxy) is 2. The molecule has 1 aromatic carbocycles. The Bertz CT molecular complexity index is 1320. The van der Waals surface area contributed by atoms with Crippen LogP contribution >= 0.6 is 0 Å². The number of carboxylic acids is 1.